The zero-order valence-electron chi connectivity index (χ0n) is 17.2. The van der Waals surface area contributed by atoms with E-state index < -0.39 is 5.79 Å². The maximum atomic E-state index is 6.49. The molecule has 0 radical (unpaired) electrons. The Morgan fingerprint density at radius 1 is 1.23 bits per heavy atom. The first-order valence-electron chi connectivity index (χ1n) is 10.0. The molecule has 0 N–H and O–H groups in total. The van der Waals surface area contributed by atoms with Gasteiger partial charge in [0.1, 0.15) is 5.75 Å². The van der Waals surface area contributed by atoms with Crippen molar-refractivity contribution >= 4 is 35.0 Å². The largest absolute Gasteiger partial charge is 0.497 e. The van der Waals surface area contributed by atoms with Crippen LogP contribution in [0, 0.1) is 0 Å². The van der Waals surface area contributed by atoms with Gasteiger partial charge in [-0.3, -0.25) is 0 Å². The molecular formula is C23H24Cl2N2O3S. The summed E-state index contributed by atoms with van der Waals surface area (Å²) in [5, 5.41) is 1.29. The zero-order valence-corrected chi connectivity index (χ0v) is 19.5. The predicted molar refractivity (Wildman–Crippen MR) is 124 cm³/mol. The molecular weight excluding hydrogens is 455 g/mol. The molecule has 0 saturated carbocycles. The Bertz CT molecular complexity index is 985. The van der Waals surface area contributed by atoms with Crippen LogP contribution in [0.2, 0.25) is 10.0 Å². The third-order valence-electron chi connectivity index (χ3n) is 5.18. The average Bonchev–Trinajstić information content (AvgIpc) is 3.43. The van der Waals surface area contributed by atoms with Crippen LogP contribution < -0.4 is 4.74 Å². The maximum absolute atomic E-state index is 6.49. The molecule has 0 bridgehead atoms. The first-order valence-corrected chi connectivity index (χ1v) is 11.8. The number of hydrogen-bond donors (Lipinski definition) is 0. The molecule has 1 aliphatic rings. The van der Waals surface area contributed by atoms with Gasteiger partial charge in [-0.1, -0.05) is 29.3 Å². The number of rotatable bonds is 9. The van der Waals surface area contributed by atoms with Crippen LogP contribution in [0.1, 0.15) is 12.0 Å². The molecule has 0 spiro atoms. The standard InChI is InChI=1S/C23H24Cl2N2O3S/c1-28-19-4-6-21(7-5-19)31-14-20-13-29-23(30-20,15-27-11-10-26-16-27)9-8-17-2-3-18(24)12-22(17)25/h2-7,10-12,16,20H,8-9,13-15H2,1H3. The Balaban J connectivity index is 1.41. The van der Waals surface area contributed by atoms with Crippen molar-refractivity contribution in [2.45, 2.75) is 36.2 Å². The van der Waals surface area contributed by atoms with Crippen molar-refractivity contribution in [2.75, 3.05) is 19.5 Å². The van der Waals surface area contributed by atoms with Gasteiger partial charge in [0.2, 0.25) is 0 Å². The monoisotopic (exact) mass is 478 g/mol. The first kappa shape index (κ1) is 22.5. The molecule has 1 fully saturated rings. The van der Waals surface area contributed by atoms with E-state index in [-0.39, 0.29) is 6.10 Å². The van der Waals surface area contributed by atoms with E-state index in [9.17, 15) is 0 Å². The first-order chi connectivity index (χ1) is 15.0. The number of benzene rings is 2. The van der Waals surface area contributed by atoms with Crippen LogP contribution in [0.25, 0.3) is 0 Å². The highest BCUT2D eigenvalue weighted by Crippen LogP contribution is 2.34. The van der Waals surface area contributed by atoms with Crippen molar-refractivity contribution in [1.29, 1.82) is 0 Å². The molecule has 3 aromatic rings. The zero-order chi connectivity index (χ0) is 21.7. The molecule has 0 aliphatic carbocycles. The Morgan fingerprint density at radius 2 is 2.06 bits per heavy atom. The van der Waals surface area contributed by atoms with Gasteiger partial charge in [-0.25, -0.2) is 4.98 Å². The fraction of sp³-hybridized carbons (Fsp3) is 0.348. The predicted octanol–water partition coefficient (Wildman–Crippen LogP) is 5.74. The fourth-order valence-electron chi connectivity index (χ4n) is 3.56. The summed E-state index contributed by atoms with van der Waals surface area (Å²) in [6.07, 6.45) is 6.86. The van der Waals surface area contributed by atoms with Crippen molar-refractivity contribution in [3.63, 3.8) is 0 Å². The third kappa shape index (κ3) is 5.96. The number of methoxy groups -OCH3 is 1. The average molecular weight is 479 g/mol. The SMILES string of the molecule is COc1ccc(SCC2COC(CCc3ccc(Cl)cc3Cl)(Cn3ccnc3)O2)cc1. The van der Waals surface area contributed by atoms with Crippen LogP contribution in [-0.4, -0.2) is 40.9 Å². The molecule has 4 rings (SSSR count). The summed E-state index contributed by atoms with van der Waals surface area (Å²) in [4.78, 5) is 5.32. The van der Waals surface area contributed by atoms with E-state index in [1.807, 2.05) is 35.0 Å². The minimum atomic E-state index is -0.727. The lowest BCUT2D eigenvalue weighted by molar-refractivity contribution is -0.180. The summed E-state index contributed by atoms with van der Waals surface area (Å²) < 4.78 is 20.0. The van der Waals surface area contributed by atoms with Gasteiger partial charge in [0.05, 0.1) is 32.7 Å². The minimum Gasteiger partial charge on any atom is -0.497 e. The molecule has 8 heteroatoms. The second-order valence-corrected chi connectivity index (χ2v) is 9.36. The van der Waals surface area contributed by atoms with Crippen LogP contribution in [0.3, 0.4) is 0 Å². The van der Waals surface area contributed by atoms with E-state index in [1.54, 1.807) is 37.5 Å². The van der Waals surface area contributed by atoms with Gasteiger partial charge in [0.25, 0.3) is 0 Å². The lowest BCUT2D eigenvalue weighted by Gasteiger charge is -2.29. The minimum absolute atomic E-state index is 0.00341. The van der Waals surface area contributed by atoms with E-state index >= 15 is 0 Å². The fourth-order valence-corrected chi connectivity index (χ4v) is 4.94. The van der Waals surface area contributed by atoms with E-state index in [0.29, 0.717) is 29.6 Å². The van der Waals surface area contributed by atoms with Crippen LogP contribution in [0.4, 0.5) is 0 Å². The van der Waals surface area contributed by atoms with E-state index in [4.69, 9.17) is 37.4 Å². The van der Waals surface area contributed by atoms with Crippen LogP contribution >= 0.6 is 35.0 Å². The number of ether oxygens (including phenoxy) is 3. The van der Waals surface area contributed by atoms with Crippen LogP contribution in [0.15, 0.2) is 66.1 Å². The van der Waals surface area contributed by atoms with Gasteiger partial charge in [-0.05, 0) is 48.4 Å². The molecule has 2 aromatic carbocycles. The number of hydrogen-bond acceptors (Lipinski definition) is 5. The summed E-state index contributed by atoms with van der Waals surface area (Å²) in [5.41, 5.74) is 1.03. The van der Waals surface area contributed by atoms with Gasteiger partial charge >= 0.3 is 0 Å². The summed E-state index contributed by atoms with van der Waals surface area (Å²) >= 11 is 14.2. The topological polar surface area (TPSA) is 45.5 Å². The second kappa shape index (κ2) is 10.3. The van der Waals surface area contributed by atoms with Gasteiger partial charge < -0.3 is 18.8 Å². The molecule has 1 aromatic heterocycles. The Labute approximate surface area is 196 Å². The number of imidazole rings is 1. The molecule has 1 aliphatic heterocycles. The van der Waals surface area contributed by atoms with Gasteiger partial charge in [0.15, 0.2) is 5.79 Å². The van der Waals surface area contributed by atoms with Gasteiger partial charge in [0, 0.05) is 39.5 Å². The van der Waals surface area contributed by atoms with E-state index in [1.165, 1.54) is 4.90 Å². The Hall–Kier alpha value is -1.70. The molecule has 0 amide bonds. The molecule has 2 heterocycles. The highest BCUT2D eigenvalue weighted by atomic mass is 35.5. The number of thioether (sulfide) groups is 1. The van der Waals surface area contributed by atoms with Crippen LogP contribution in [-0.2, 0) is 22.4 Å². The van der Waals surface area contributed by atoms with Crippen molar-refractivity contribution in [1.82, 2.24) is 9.55 Å². The molecule has 31 heavy (non-hydrogen) atoms. The van der Waals surface area contributed by atoms with Crippen molar-refractivity contribution in [3.05, 3.63) is 76.8 Å². The normalized spacial score (nSPS) is 20.8. The van der Waals surface area contributed by atoms with Crippen LogP contribution in [0.5, 0.6) is 5.75 Å². The Kier molecular flexibility index (Phi) is 7.46. The maximum Gasteiger partial charge on any atom is 0.187 e. The highest BCUT2D eigenvalue weighted by molar-refractivity contribution is 7.99. The lowest BCUT2D eigenvalue weighted by atomic mass is 10.0. The van der Waals surface area contributed by atoms with Gasteiger partial charge in [-0.2, -0.15) is 0 Å². The lowest BCUT2D eigenvalue weighted by Crippen LogP contribution is -2.37. The summed E-state index contributed by atoms with van der Waals surface area (Å²) in [5.74, 6) is 0.930. The molecule has 2 unspecified atom stereocenters. The van der Waals surface area contributed by atoms with E-state index in [0.717, 1.165) is 23.5 Å². The highest BCUT2D eigenvalue weighted by Gasteiger charge is 2.41. The molecule has 1 saturated heterocycles. The summed E-state index contributed by atoms with van der Waals surface area (Å²) in [6, 6.07) is 13.6. The molecule has 164 valence electrons. The Morgan fingerprint density at radius 3 is 2.77 bits per heavy atom. The second-order valence-electron chi connectivity index (χ2n) is 7.42. The van der Waals surface area contributed by atoms with Crippen molar-refractivity contribution in [3.8, 4) is 5.75 Å². The molecule has 2 atom stereocenters. The van der Waals surface area contributed by atoms with E-state index in [2.05, 4.69) is 17.1 Å². The summed E-state index contributed by atoms with van der Waals surface area (Å²) in [6.45, 7) is 1.12. The van der Waals surface area contributed by atoms with Crippen molar-refractivity contribution in [2.24, 2.45) is 0 Å². The summed E-state index contributed by atoms with van der Waals surface area (Å²) in [7, 11) is 1.67. The number of aromatic nitrogens is 2. The molecule has 5 nitrogen and oxygen atoms in total. The number of nitrogens with zero attached hydrogens (tertiary/aromatic N) is 2. The number of aryl methyl sites for hydroxylation is 1. The quantitative estimate of drug-likeness (QED) is 0.367. The smallest absolute Gasteiger partial charge is 0.187 e. The number of halogens is 2. The van der Waals surface area contributed by atoms with Crippen molar-refractivity contribution < 1.29 is 14.2 Å². The third-order valence-corrected chi connectivity index (χ3v) is 6.91. The van der Waals surface area contributed by atoms with Gasteiger partial charge in [-0.15, -0.1) is 11.8 Å².